The average Bonchev–Trinajstić information content (AvgIpc) is 2.76. The third kappa shape index (κ3) is 13.2. The van der Waals surface area contributed by atoms with Gasteiger partial charge >= 0.3 is 18.6 Å². The summed E-state index contributed by atoms with van der Waals surface area (Å²) in [4.78, 5) is 50.8. The lowest BCUT2D eigenvalue weighted by atomic mass is 9.91. The predicted molar refractivity (Wildman–Crippen MR) is 132 cm³/mol. The van der Waals surface area contributed by atoms with Crippen molar-refractivity contribution in [2.45, 2.75) is 82.0 Å². The number of nitrogens with zero attached hydrogens (tertiary/aromatic N) is 1. The van der Waals surface area contributed by atoms with E-state index >= 15 is 0 Å². The van der Waals surface area contributed by atoms with Crippen LogP contribution < -0.4 is 10.7 Å². The zero-order valence-corrected chi connectivity index (χ0v) is 23.6. The molecule has 15 heteroatoms. The van der Waals surface area contributed by atoms with Gasteiger partial charge in [0.25, 0.3) is 5.91 Å². The van der Waals surface area contributed by atoms with Gasteiger partial charge in [0.2, 0.25) is 9.70 Å². The van der Waals surface area contributed by atoms with Crippen LogP contribution >= 0.6 is 34.8 Å². The standard InChI is InChI=1S/C22H34Cl3F2N3O7/c1-12(2)13(9-16(31)37-21(3,4)5)17(32)28-15(10-35-20(26)27)18(33)30-8-6-7-14(29-30)19(34)36-11-22(23,24)25/h12-15,20,29H,6-11H2,1-5H3,(H,28,32)/t13-,14-,15-/m0/s1. The lowest BCUT2D eigenvalue weighted by Crippen LogP contribution is -2.61. The fraction of sp³-hybridized carbons (Fsp3) is 0.818. The topological polar surface area (TPSA) is 123 Å². The van der Waals surface area contributed by atoms with Crippen LogP contribution in [-0.4, -0.2) is 76.6 Å². The van der Waals surface area contributed by atoms with Crippen molar-refractivity contribution in [2.24, 2.45) is 11.8 Å². The van der Waals surface area contributed by atoms with Gasteiger partial charge in [-0.15, -0.1) is 0 Å². The van der Waals surface area contributed by atoms with Crippen molar-refractivity contribution >= 4 is 58.6 Å². The third-order valence-corrected chi connectivity index (χ3v) is 5.39. The number of halogens is 5. The highest BCUT2D eigenvalue weighted by atomic mass is 35.6. The Morgan fingerprint density at radius 3 is 2.27 bits per heavy atom. The molecule has 0 unspecified atom stereocenters. The number of ether oxygens (including phenoxy) is 3. The van der Waals surface area contributed by atoms with Crippen LogP contribution in [0.2, 0.25) is 0 Å². The second-order valence-corrected chi connectivity index (χ2v) is 12.3. The van der Waals surface area contributed by atoms with E-state index < -0.39 is 71.0 Å². The monoisotopic (exact) mass is 595 g/mol. The van der Waals surface area contributed by atoms with Crippen LogP contribution in [-0.2, 0) is 33.4 Å². The Balaban J connectivity index is 2.95. The molecule has 1 aliphatic rings. The summed E-state index contributed by atoms with van der Waals surface area (Å²) >= 11 is 16.7. The highest BCUT2D eigenvalue weighted by Gasteiger charge is 2.36. The van der Waals surface area contributed by atoms with Gasteiger partial charge in [-0.2, -0.15) is 8.78 Å². The van der Waals surface area contributed by atoms with E-state index in [1.165, 1.54) is 0 Å². The van der Waals surface area contributed by atoms with Gasteiger partial charge in [-0.25, -0.2) is 5.43 Å². The molecule has 2 N–H and O–H groups in total. The molecule has 214 valence electrons. The molecule has 0 aromatic rings. The smallest absolute Gasteiger partial charge is 0.345 e. The molecule has 1 aliphatic heterocycles. The Morgan fingerprint density at radius 2 is 1.76 bits per heavy atom. The van der Waals surface area contributed by atoms with Gasteiger partial charge in [-0.3, -0.25) is 24.2 Å². The van der Waals surface area contributed by atoms with Crippen molar-refractivity contribution < 1.29 is 42.2 Å². The van der Waals surface area contributed by atoms with Crippen molar-refractivity contribution in [1.82, 2.24) is 15.8 Å². The molecule has 1 saturated heterocycles. The number of alkyl halides is 5. The number of esters is 2. The van der Waals surface area contributed by atoms with Crippen LogP contribution in [0, 0.1) is 11.8 Å². The largest absolute Gasteiger partial charge is 0.460 e. The molecule has 0 bridgehead atoms. The zero-order valence-electron chi connectivity index (χ0n) is 21.3. The molecule has 10 nitrogen and oxygen atoms in total. The molecule has 37 heavy (non-hydrogen) atoms. The van der Waals surface area contributed by atoms with Gasteiger partial charge in [0, 0.05) is 6.54 Å². The first kappa shape index (κ1) is 33.6. The number of rotatable bonds is 11. The molecular formula is C22H34Cl3F2N3O7. The van der Waals surface area contributed by atoms with Gasteiger partial charge in [-0.1, -0.05) is 48.7 Å². The summed E-state index contributed by atoms with van der Waals surface area (Å²) in [5, 5.41) is 3.42. The van der Waals surface area contributed by atoms with Crippen molar-refractivity contribution in [1.29, 1.82) is 0 Å². The number of nitrogens with one attached hydrogen (secondary N) is 2. The maximum atomic E-state index is 13.2. The quantitative estimate of drug-likeness (QED) is 0.276. The summed E-state index contributed by atoms with van der Waals surface area (Å²) in [5.74, 6) is -4.20. The molecule has 0 aliphatic carbocycles. The highest BCUT2D eigenvalue weighted by Crippen LogP contribution is 2.26. The minimum atomic E-state index is -3.20. The fourth-order valence-corrected chi connectivity index (χ4v) is 3.54. The van der Waals surface area contributed by atoms with E-state index in [2.05, 4.69) is 15.5 Å². The van der Waals surface area contributed by atoms with Crippen LogP contribution in [0.25, 0.3) is 0 Å². The molecule has 0 radical (unpaired) electrons. The molecule has 0 aromatic carbocycles. The minimum Gasteiger partial charge on any atom is -0.460 e. The maximum absolute atomic E-state index is 13.2. The summed E-state index contributed by atoms with van der Waals surface area (Å²) in [6.07, 6.45) is 0.366. The highest BCUT2D eigenvalue weighted by molar-refractivity contribution is 6.67. The Hall–Kier alpha value is -1.47. The normalized spacial score (nSPS) is 18.4. The van der Waals surface area contributed by atoms with Crippen LogP contribution in [0.15, 0.2) is 0 Å². The first-order valence-corrected chi connectivity index (χ1v) is 12.8. The number of hydrogen-bond donors (Lipinski definition) is 2. The van der Waals surface area contributed by atoms with Crippen LogP contribution in [0.3, 0.4) is 0 Å². The second-order valence-electron chi connectivity index (χ2n) is 9.83. The van der Waals surface area contributed by atoms with Gasteiger partial charge in [-0.05, 0) is 39.5 Å². The average molecular weight is 597 g/mol. The Kier molecular flexibility index (Phi) is 13.3. The van der Waals surface area contributed by atoms with E-state index in [0.717, 1.165) is 5.01 Å². The van der Waals surface area contributed by atoms with E-state index in [9.17, 15) is 28.0 Å². The van der Waals surface area contributed by atoms with Crippen molar-refractivity contribution in [3.8, 4) is 0 Å². The molecule has 0 aromatic heterocycles. The summed E-state index contributed by atoms with van der Waals surface area (Å²) in [5.41, 5.74) is 1.88. The summed E-state index contributed by atoms with van der Waals surface area (Å²) in [6, 6.07) is -2.52. The Labute approximate surface area is 229 Å². The molecule has 0 spiro atoms. The van der Waals surface area contributed by atoms with Crippen molar-refractivity contribution in [3.63, 3.8) is 0 Å². The number of hydrogen-bond acceptors (Lipinski definition) is 8. The zero-order chi connectivity index (χ0) is 28.6. The van der Waals surface area contributed by atoms with Crippen molar-refractivity contribution in [3.05, 3.63) is 0 Å². The summed E-state index contributed by atoms with van der Waals surface area (Å²) in [7, 11) is 0. The number of carbonyl (C=O) groups excluding carboxylic acids is 4. The predicted octanol–water partition coefficient (Wildman–Crippen LogP) is 3.12. The van der Waals surface area contributed by atoms with Gasteiger partial charge in [0.1, 0.15) is 24.3 Å². The molecule has 1 rings (SSSR count). The molecule has 3 atom stereocenters. The van der Waals surface area contributed by atoms with Crippen molar-refractivity contribution in [2.75, 3.05) is 19.8 Å². The number of hydrazine groups is 1. The lowest BCUT2D eigenvalue weighted by Gasteiger charge is -2.35. The number of amides is 2. The number of carbonyl (C=O) groups is 4. The first-order chi connectivity index (χ1) is 16.9. The maximum Gasteiger partial charge on any atom is 0.345 e. The summed E-state index contributed by atoms with van der Waals surface area (Å²) < 4.78 is 38.2. The fourth-order valence-electron chi connectivity index (χ4n) is 3.37. The van der Waals surface area contributed by atoms with E-state index in [1.54, 1.807) is 34.6 Å². The molecule has 1 heterocycles. The van der Waals surface area contributed by atoms with Crippen LogP contribution in [0.4, 0.5) is 8.78 Å². The minimum absolute atomic E-state index is 0.111. The van der Waals surface area contributed by atoms with Gasteiger partial charge in [0.05, 0.1) is 18.9 Å². The Bertz CT molecular complexity index is 807. The van der Waals surface area contributed by atoms with Crippen LogP contribution in [0.5, 0.6) is 0 Å². The lowest BCUT2D eigenvalue weighted by molar-refractivity contribution is -0.160. The first-order valence-electron chi connectivity index (χ1n) is 11.6. The second kappa shape index (κ2) is 14.6. The molecule has 1 fully saturated rings. The van der Waals surface area contributed by atoms with Crippen LogP contribution in [0.1, 0.15) is 53.9 Å². The van der Waals surface area contributed by atoms with E-state index in [-0.39, 0.29) is 18.9 Å². The SMILES string of the molecule is CC(C)[C@H](CC(=O)OC(C)(C)C)C(=O)N[C@@H](COC(F)F)C(=O)N1CCC[C@@H](C(=O)OCC(Cl)(Cl)Cl)N1. The molecule has 2 amide bonds. The summed E-state index contributed by atoms with van der Waals surface area (Å²) in [6.45, 7) is 3.97. The molecule has 0 saturated carbocycles. The third-order valence-electron chi connectivity index (χ3n) is 5.07. The van der Waals surface area contributed by atoms with E-state index in [0.29, 0.717) is 12.8 Å². The molecular weight excluding hydrogens is 563 g/mol. The Morgan fingerprint density at radius 1 is 1.14 bits per heavy atom. The van der Waals surface area contributed by atoms with Gasteiger partial charge < -0.3 is 19.5 Å². The van der Waals surface area contributed by atoms with Gasteiger partial charge in [0.15, 0.2) is 0 Å². The van der Waals surface area contributed by atoms with E-state index in [1.807, 2.05) is 0 Å². The van der Waals surface area contributed by atoms with E-state index in [4.69, 9.17) is 44.3 Å².